The number of benzene rings is 2. The first-order chi connectivity index (χ1) is 16.0. The Bertz CT molecular complexity index is 1100. The normalized spacial score (nSPS) is 44.6. The van der Waals surface area contributed by atoms with E-state index in [9.17, 15) is 9.90 Å². The van der Waals surface area contributed by atoms with E-state index in [4.69, 9.17) is 0 Å². The lowest BCUT2D eigenvalue weighted by Crippen LogP contribution is -2.48. The van der Waals surface area contributed by atoms with Gasteiger partial charge in [-0.05, 0) is 146 Å². The van der Waals surface area contributed by atoms with Gasteiger partial charge in [-0.3, -0.25) is 4.79 Å². The Balaban J connectivity index is 1.28. The van der Waals surface area contributed by atoms with Crippen molar-refractivity contribution in [3.63, 3.8) is 0 Å². The van der Waals surface area contributed by atoms with Crippen LogP contribution in [0, 0.1) is 35.5 Å². The van der Waals surface area contributed by atoms with E-state index >= 15 is 0 Å². The maximum Gasteiger partial charge on any atom is 0.154 e. The molecule has 0 aliphatic heterocycles. The molecule has 33 heavy (non-hydrogen) atoms. The maximum absolute atomic E-state index is 12.3. The molecule has 1 N–H and O–H groups in total. The molecule has 2 nitrogen and oxygen atoms in total. The van der Waals surface area contributed by atoms with E-state index in [1.54, 1.807) is 0 Å². The zero-order valence-corrected chi connectivity index (χ0v) is 19.7. The van der Waals surface area contributed by atoms with Gasteiger partial charge >= 0.3 is 0 Å². The number of aromatic hydroxyl groups is 1. The van der Waals surface area contributed by atoms with Gasteiger partial charge in [0.1, 0.15) is 5.75 Å². The van der Waals surface area contributed by atoms with Gasteiger partial charge in [0.05, 0.1) is 5.56 Å². The van der Waals surface area contributed by atoms with Crippen molar-refractivity contribution in [2.75, 3.05) is 0 Å². The van der Waals surface area contributed by atoms with Crippen molar-refractivity contribution in [3.8, 4) is 5.75 Å². The molecule has 8 aliphatic carbocycles. The molecule has 0 aromatic heterocycles. The highest BCUT2D eigenvalue weighted by atomic mass is 16.3. The standard InChI is InChI=1S/C31H36O2/c32-17-27-26-2-1-25(30-11-18-3-19(12-30)5-20(4-18)13-30)9-24(26)10-28(29(27)33)31-14-21-6-22(15-31)8-23(7-21)16-31/h1-2,9-10,17-23,33H,3-8,11-16H2. The number of carbonyl (C=O) groups is 1. The van der Waals surface area contributed by atoms with Gasteiger partial charge in [0.15, 0.2) is 6.29 Å². The second kappa shape index (κ2) is 6.43. The molecule has 0 unspecified atom stereocenters. The lowest BCUT2D eigenvalue weighted by molar-refractivity contribution is -0.00608. The Hall–Kier alpha value is -1.83. The molecular formula is C31H36O2. The molecule has 2 aromatic rings. The van der Waals surface area contributed by atoms with Crippen LogP contribution >= 0.6 is 0 Å². The highest BCUT2D eigenvalue weighted by Gasteiger charge is 2.53. The highest BCUT2D eigenvalue weighted by Crippen LogP contribution is 2.63. The topological polar surface area (TPSA) is 37.3 Å². The summed E-state index contributed by atoms with van der Waals surface area (Å²) < 4.78 is 0. The van der Waals surface area contributed by atoms with Crippen LogP contribution in [-0.2, 0) is 10.8 Å². The minimum Gasteiger partial charge on any atom is -0.507 e. The summed E-state index contributed by atoms with van der Waals surface area (Å²) in [6.07, 6.45) is 17.2. The average molecular weight is 441 g/mol. The van der Waals surface area contributed by atoms with Crippen LogP contribution in [0.4, 0.5) is 0 Å². The van der Waals surface area contributed by atoms with Crippen molar-refractivity contribution in [1.82, 2.24) is 0 Å². The third-order valence-corrected chi connectivity index (χ3v) is 11.5. The zero-order chi connectivity index (χ0) is 21.9. The van der Waals surface area contributed by atoms with E-state index in [1.807, 2.05) is 0 Å². The molecule has 0 atom stereocenters. The molecule has 0 spiro atoms. The SMILES string of the molecule is O=Cc1c(O)c(C23CC4CC(CC(C4)C2)C3)cc2cc(C34CC5CC(CC(C5)C3)C4)ccc12. The van der Waals surface area contributed by atoms with E-state index in [2.05, 4.69) is 24.3 Å². The maximum atomic E-state index is 12.3. The number of hydrogen-bond acceptors (Lipinski definition) is 2. The quantitative estimate of drug-likeness (QED) is 0.509. The highest BCUT2D eigenvalue weighted by molar-refractivity contribution is 6.02. The third-order valence-electron chi connectivity index (χ3n) is 11.5. The average Bonchev–Trinajstić information content (AvgIpc) is 2.76. The van der Waals surface area contributed by atoms with Crippen molar-refractivity contribution in [2.24, 2.45) is 35.5 Å². The molecule has 8 bridgehead atoms. The van der Waals surface area contributed by atoms with Crippen LogP contribution in [0.15, 0.2) is 24.3 Å². The number of carbonyl (C=O) groups excluding carboxylic acids is 1. The predicted octanol–water partition coefficient (Wildman–Crippen LogP) is 7.29. The summed E-state index contributed by atoms with van der Waals surface area (Å²) in [6.45, 7) is 0. The van der Waals surface area contributed by atoms with Crippen molar-refractivity contribution in [1.29, 1.82) is 0 Å². The monoisotopic (exact) mass is 440 g/mol. The first kappa shape index (κ1) is 19.5. The Kier molecular flexibility index (Phi) is 3.80. The summed E-state index contributed by atoms with van der Waals surface area (Å²) in [5.74, 6) is 5.56. The fourth-order valence-electron chi connectivity index (χ4n) is 11.2. The van der Waals surface area contributed by atoms with E-state index in [1.165, 1.54) is 88.0 Å². The van der Waals surface area contributed by atoms with Gasteiger partial charge in [0, 0.05) is 5.56 Å². The largest absolute Gasteiger partial charge is 0.507 e. The fourth-order valence-corrected chi connectivity index (χ4v) is 11.2. The molecule has 10 rings (SSSR count). The Morgan fingerprint density at radius 1 is 0.697 bits per heavy atom. The van der Waals surface area contributed by atoms with Crippen molar-refractivity contribution < 1.29 is 9.90 Å². The van der Waals surface area contributed by atoms with Crippen LogP contribution in [-0.4, -0.2) is 11.4 Å². The molecule has 0 radical (unpaired) electrons. The summed E-state index contributed by atoms with van der Waals surface area (Å²) in [5.41, 5.74) is 3.63. The lowest BCUT2D eigenvalue weighted by atomic mass is 9.47. The second-order valence-corrected chi connectivity index (χ2v) is 13.6. The molecule has 2 heteroatoms. The predicted molar refractivity (Wildman–Crippen MR) is 131 cm³/mol. The molecule has 0 amide bonds. The number of phenols is 1. The number of rotatable bonds is 3. The summed E-state index contributed by atoms with van der Waals surface area (Å²) >= 11 is 0. The summed E-state index contributed by atoms with van der Waals surface area (Å²) in [4.78, 5) is 12.3. The third kappa shape index (κ3) is 2.64. The van der Waals surface area contributed by atoms with Gasteiger partial charge in [0.2, 0.25) is 0 Å². The smallest absolute Gasteiger partial charge is 0.154 e. The summed E-state index contributed by atoms with van der Waals surface area (Å²) in [5, 5.41) is 13.6. The van der Waals surface area contributed by atoms with Crippen molar-refractivity contribution in [2.45, 2.75) is 87.9 Å². The molecule has 172 valence electrons. The van der Waals surface area contributed by atoms with E-state index in [-0.39, 0.29) is 5.41 Å². The van der Waals surface area contributed by atoms with Crippen LogP contribution in [0.2, 0.25) is 0 Å². The van der Waals surface area contributed by atoms with Crippen molar-refractivity contribution >= 4 is 17.1 Å². The lowest BCUT2D eigenvalue weighted by Gasteiger charge is -2.57. The van der Waals surface area contributed by atoms with Crippen LogP contribution < -0.4 is 0 Å². The van der Waals surface area contributed by atoms with Crippen LogP contribution in [0.5, 0.6) is 5.75 Å². The van der Waals surface area contributed by atoms with E-state index in [0.29, 0.717) is 16.7 Å². The second-order valence-electron chi connectivity index (χ2n) is 13.6. The van der Waals surface area contributed by atoms with Gasteiger partial charge in [-0.1, -0.05) is 18.2 Å². The van der Waals surface area contributed by atoms with Gasteiger partial charge in [-0.2, -0.15) is 0 Å². The van der Waals surface area contributed by atoms with Gasteiger partial charge in [-0.15, -0.1) is 0 Å². The molecule has 0 saturated heterocycles. The molecular weight excluding hydrogens is 404 g/mol. The minimum atomic E-state index is 0.0987. The van der Waals surface area contributed by atoms with E-state index < -0.39 is 0 Å². The zero-order valence-electron chi connectivity index (χ0n) is 19.7. The fraction of sp³-hybridized carbons (Fsp3) is 0.645. The van der Waals surface area contributed by atoms with Crippen LogP contribution in [0.1, 0.15) is 98.5 Å². The van der Waals surface area contributed by atoms with Gasteiger partial charge < -0.3 is 5.11 Å². The molecule has 2 aromatic carbocycles. The molecule has 0 heterocycles. The summed E-state index contributed by atoms with van der Waals surface area (Å²) in [6, 6.07) is 9.25. The molecule has 8 fully saturated rings. The van der Waals surface area contributed by atoms with Gasteiger partial charge in [-0.25, -0.2) is 0 Å². The van der Waals surface area contributed by atoms with Gasteiger partial charge in [0.25, 0.3) is 0 Å². The number of phenolic OH excluding ortho intramolecular Hbond substituents is 1. The summed E-state index contributed by atoms with van der Waals surface area (Å²) in [7, 11) is 0. The number of fused-ring (bicyclic) bond motifs is 1. The number of aldehydes is 1. The molecule has 8 aliphatic rings. The van der Waals surface area contributed by atoms with Crippen LogP contribution in [0.3, 0.4) is 0 Å². The Morgan fingerprint density at radius 2 is 1.18 bits per heavy atom. The van der Waals surface area contributed by atoms with E-state index in [0.717, 1.165) is 52.7 Å². The van der Waals surface area contributed by atoms with Crippen molar-refractivity contribution in [3.05, 3.63) is 41.0 Å². The first-order valence-electron chi connectivity index (χ1n) is 13.8. The molecule has 8 saturated carbocycles. The first-order valence-corrected chi connectivity index (χ1v) is 13.8. The Labute approximate surface area is 197 Å². The minimum absolute atomic E-state index is 0.0987. The number of hydrogen-bond donors (Lipinski definition) is 1. The Morgan fingerprint density at radius 3 is 1.67 bits per heavy atom. The van der Waals surface area contributed by atoms with Crippen LogP contribution in [0.25, 0.3) is 10.8 Å².